The number of nitrogens with zero attached hydrogens (tertiary/aromatic N) is 2. The fourth-order valence-corrected chi connectivity index (χ4v) is 3.44. The van der Waals surface area contributed by atoms with E-state index in [-0.39, 0.29) is 6.61 Å². The Hall–Kier alpha value is -3.09. The van der Waals surface area contributed by atoms with Gasteiger partial charge in [0.2, 0.25) is 0 Å². The van der Waals surface area contributed by atoms with Gasteiger partial charge in [0.1, 0.15) is 6.61 Å². The highest BCUT2D eigenvalue weighted by Crippen LogP contribution is 2.21. The molecule has 0 spiro atoms. The van der Waals surface area contributed by atoms with Crippen LogP contribution in [0.2, 0.25) is 0 Å². The summed E-state index contributed by atoms with van der Waals surface area (Å²) in [5.74, 6) is -0.502. The SMILES string of the molecule is Cn1c(COC(=O)c2ccccc2NCCC2=CCCCC2)cc(=O)n(C)c1=O. The number of benzene rings is 1. The summed E-state index contributed by atoms with van der Waals surface area (Å²) < 4.78 is 7.69. The van der Waals surface area contributed by atoms with Gasteiger partial charge in [-0.25, -0.2) is 9.59 Å². The minimum atomic E-state index is -0.502. The maximum Gasteiger partial charge on any atom is 0.340 e. The number of carbonyl (C=O) groups excluding carboxylic acids is 1. The zero-order valence-corrected chi connectivity index (χ0v) is 16.9. The maximum atomic E-state index is 12.6. The van der Waals surface area contributed by atoms with E-state index in [9.17, 15) is 14.4 Å². The molecule has 2 aromatic rings. The number of nitrogens with one attached hydrogen (secondary N) is 1. The highest BCUT2D eigenvalue weighted by molar-refractivity contribution is 5.95. The fourth-order valence-electron chi connectivity index (χ4n) is 3.44. The molecular formula is C22H27N3O4. The predicted molar refractivity (Wildman–Crippen MR) is 112 cm³/mol. The Balaban J connectivity index is 1.65. The van der Waals surface area contributed by atoms with Crippen LogP contribution in [-0.2, 0) is 25.4 Å². The summed E-state index contributed by atoms with van der Waals surface area (Å²) in [7, 11) is 2.95. The quantitative estimate of drug-likeness (QED) is 0.574. The van der Waals surface area contributed by atoms with Gasteiger partial charge >= 0.3 is 11.7 Å². The number of hydrogen-bond acceptors (Lipinski definition) is 5. The normalized spacial score (nSPS) is 13.7. The molecule has 3 rings (SSSR count). The topological polar surface area (TPSA) is 82.3 Å². The molecule has 0 radical (unpaired) electrons. The molecular weight excluding hydrogens is 370 g/mol. The van der Waals surface area contributed by atoms with Crippen molar-refractivity contribution in [2.45, 2.75) is 38.7 Å². The van der Waals surface area contributed by atoms with Gasteiger partial charge in [-0.05, 0) is 44.2 Å². The van der Waals surface area contributed by atoms with E-state index in [1.165, 1.54) is 36.1 Å². The molecule has 0 amide bonds. The largest absolute Gasteiger partial charge is 0.456 e. The summed E-state index contributed by atoms with van der Waals surface area (Å²) >= 11 is 0. The standard InChI is InChI=1S/C22H27N3O4/c1-24-17(14-20(26)25(2)22(24)28)15-29-21(27)18-10-6-7-11-19(18)23-13-12-16-8-4-3-5-9-16/h6-8,10-11,14,23H,3-5,9,12-13,15H2,1-2H3. The lowest BCUT2D eigenvalue weighted by Gasteiger charge is -2.15. The molecule has 1 aliphatic rings. The Morgan fingerprint density at radius 2 is 1.93 bits per heavy atom. The Labute approximate surface area is 169 Å². The van der Waals surface area contributed by atoms with Gasteiger partial charge in [0.05, 0.1) is 11.3 Å². The van der Waals surface area contributed by atoms with Crippen LogP contribution in [0, 0.1) is 0 Å². The number of para-hydroxylation sites is 1. The van der Waals surface area contributed by atoms with E-state index < -0.39 is 17.2 Å². The van der Waals surface area contributed by atoms with Gasteiger partial charge < -0.3 is 10.1 Å². The third-order valence-corrected chi connectivity index (χ3v) is 5.27. The summed E-state index contributed by atoms with van der Waals surface area (Å²) in [4.78, 5) is 36.4. The number of esters is 1. The van der Waals surface area contributed by atoms with Crippen molar-refractivity contribution in [3.8, 4) is 0 Å². The number of hydrogen-bond donors (Lipinski definition) is 1. The first kappa shape index (κ1) is 20.6. The van der Waals surface area contributed by atoms with Gasteiger partial charge in [0, 0.05) is 32.4 Å². The second kappa shape index (κ2) is 9.41. The van der Waals surface area contributed by atoms with Crippen LogP contribution in [0.5, 0.6) is 0 Å². The molecule has 7 heteroatoms. The molecule has 154 valence electrons. The highest BCUT2D eigenvalue weighted by Gasteiger charge is 2.14. The van der Waals surface area contributed by atoms with E-state index in [1.807, 2.05) is 12.1 Å². The molecule has 1 aliphatic carbocycles. The van der Waals surface area contributed by atoms with Crippen molar-refractivity contribution in [2.24, 2.45) is 14.1 Å². The van der Waals surface area contributed by atoms with E-state index in [2.05, 4.69) is 11.4 Å². The van der Waals surface area contributed by atoms with Crippen LogP contribution in [0.3, 0.4) is 0 Å². The monoisotopic (exact) mass is 397 g/mol. The third-order valence-electron chi connectivity index (χ3n) is 5.27. The molecule has 29 heavy (non-hydrogen) atoms. The smallest absolute Gasteiger partial charge is 0.340 e. The lowest BCUT2D eigenvalue weighted by molar-refractivity contribution is 0.0464. The summed E-state index contributed by atoms with van der Waals surface area (Å²) in [6, 6.07) is 8.49. The molecule has 0 bridgehead atoms. The van der Waals surface area contributed by atoms with Crippen molar-refractivity contribution in [2.75, 3.05) is 11.9 Å². The van der Waals surface area contributed by atoms with Crippen molar-refractivity contribution in [3.05, 3.63) is 74.1 Å². The molecule has 1 heterocycles. The Morgan fingerprint density at radius 1 is 1.14 bits per heavy atom. The molecule has 0 saturated carbocycles. The Morgan fingerprint density at radius 3 is 2.69 bits per heavy atom. The number of rotatable bonds is 7. The number of aromatic nitrogens is 2. The molecule has 0 unspecified atom stereocenters. The van der Waals surface area contributed by atoms with Gasteiger partial charge in [-0.2, -0.15) is 0 Å². The highest BCUT2D eigenvalue weighted by atomic mass is 16.5. The third kappa shape index (κ3) is 5.04. The van der Waals surface area contributed by atoms with E-state index in [4.69, 9.17) is 4.74 Å². The molecule has 1 aromatic carbocycles. The summed E-state index contributed by atoms with van der Waals surface area (Å²) in [5.41, 5.74) is 2.07. The summed E-state index contributed by atoms with van der Waals surface area (Å²) in [6.07, 6.45) is 8.10. The van der Waals surface area contributed by atoms with Gasteiger partial charge in [-0.15, -0.1) is 0 Å². The predicted octanol–water partition coefficient (Wildman–Crippen LogP) is 2.74. The van der Waals surface area contributed by atoms with Gasteiger partial charge in [0.15, 0.2) is 0 Å². The van der Waals surface area contributed by atoms with Crippen molar-refractivity contribution in [3.63, 3.8) is 0 Å². The van der Waals surface area contributed by atoms with Crippen molar-refractivity contribution < 1.29 is 9.53 Å². The number of allylic oxidation sites excluding steroid dienone is 1. The fraction of sp³-hybridized carbons (Fsp3) is 0.409. The maximum absolute atomic E-state index is 12.6. The van der Waals surface area contributed by atoms with Gasteiger partial charge in [-0.1, -0.05) is 23.8 Å². The van der Waals surface area contributed by atoms with Crippen LogP contribution in [0.25, 0.3) is 0 Å². The molecule has 0 aliphatic heterocycles. The number of ether oxygens (including phenoxy) is 1. The van der Waals surface area contributed by atoms with Crippen molar-refractivity contribution in [1.82, 2.24) is 9.13 Å². The minimum Gasteiger partial charge on any atom is -0.456 e. The molecule has 0 atom stereocenters. The average Bonchev–Trinajstić information content (AvgIpc) is 2.74. The van der Waals surface area contributed by atoms with Crippen LogP contribution in [0.4, 0.5) is 5.69 Å². The second-order valence-corrected chi connectivity index (χ2v) is 7.28. The van der Waals surface area contributed by atoms with Crippen molar-refractivity contribution in [1.29, 1.82) is 0 Å². The summed E-state index contributed by atoms with van der Waals surface area (Å²) in [6.45, 7) is 0.598. The van der Waals surface area contributed by atoms with Gasteiger partial charge in [0.25, 0.3) is 5.56 Å². The zero-order chi connectivity index (χ0) is 20.8. The lowest BCUT2D eigenvalue weighted by Crippen LogP contribution is -2.38. The first-order valence-electron chi connectivity index (χ1n) is 9.91. The Kier molecular flexibility index (Phi) is 6.69. The minimum absolute atomic E-state index is 0.151. The lowest BCUT2D eigenvalue weighted by atomic mass is 9.97. The molecule has 1 aromatic heterocycles. The van der Waals surface area contributed by atoms with Crippen LogP contribution in [0.15, 0.2) is 51.6 Å². The zero-order valence-electron chi connectivity index (χ0n) is 16.9. The first-order chi connectivity index (χ1) is 14.0. The molecule has 0 saturated heterocycles. The van der Waals surface area contributed by atoms with E-state index >= 15 is 0 Å². The van der Waals surface area contributed by atoms with E-state index in [0.29, 0.717) is 16.9 Å². The second-order valence-electron chi connectivity index (χ2n) is 7.28. The van der Waals surface area contributed by atoms with E-state index in [0.717, 1.165) is 30.4 Å². The van der Waals surface area contributed by atoms with E-state index in [1.54, 1.807) is 19.2 Å². The van der Waals surface area contributed by atoms with Crippen LogP contribution in [0.1, 0.15) is 48.2 Å². The molecule has 1 N–H and O–H groups in total. The van der Waals surface area contributed by atoms with Crippen LogP contribution in [-0.4, -0.2) is 21.6 Å². The van der Waals surface area contributed by atoms with Crippen LogP contribution >= 0.6 is 0 Å². The average molecular weight is 397 g/mol. The number of carbonyl (C=O) groups is 1. The summed E-state index contributed by atoms with van der Waals surface area (Å²) in [5, 5.41) is 3.33. The van der Waals surface area contributed by atoms with Crippen LogP contribution < -0.4 is 16.6 Å². The first-order valence-corrected chi connectivity index (χ1v) is 9.91. The Bertz CT molecular complexity index is 1030. The number of anilines is 1. The molecule has 0 fully saturated rings. The van der Waals surface area contributed by atoms with Crippen molar-refractivity contribution >= 4 is 11.7 Å². The van der Waals surface area contributed by atoms with Gasteiger partial charge in [-0.3, -0.25) is 13.9 Å². The molecule has 7 nitrogen and oxygen atoms in total.